The molecule has 2 aromatic rings. The molecule has 0 radical (unpaired) electrons. The third kappa shape index (κ3) is 5.15. The molecule has 0 aliphatic rings. The van der Waals surface area contributed by atoms with Crippen molar-refractivity contribution in [3.05, 3.63) is 48.0 Å². The standard InChI is InChI=1S/C17H22N2O2S/c1-13(19-17(20)18-9-10-22(2)21)11-14-7-8-15-5-3-4-6-16(15)12-14/h3-8,12-13H,9-11H2,1-2H3,(H2,18,19,20). The van der Waals surface area contributed by atoms with E-state index in [0.29, 0.717) is 12.3 Å². The van der Waals surface area contributed by atoms with Gasteiger partial charge in [-0.15, -0.1) is 0 Å². The van der Waals surface area contributed by atoms with Crippen LogP contribution < -0.4 is 10.6 Å². The highest BCUT2D eigenvalue weighted by molar-refractivity contribution is 7.84. The second kappa shape index (κ2) is 7.94. The second-order valence-corrected chi connectivity index (χ2v) is 7.02. The summed E-state index contributed by atoms with van der Waals surface area (Å²) >= 11 is 0. The van der Waals surface area contributed by atoms with Gasteiger partial charge < -0.3 is 10.6 Å². The van der Waals surface area contributed by atoms with Crippen LogP contribution in [0, 0.1) is 0 Å². The predicted octanol–water partition coefficient (Wildman–Crippen LogP) is 2.45. The Balaban J connectivity index is 1.86. The molecule has 0 fully saturated rings. The summed E-state index contributed by atoms with van der Waals surface area (Å²) in [6, 6.07) is 14.4. The van der Waals surface area contributed by atoms with E-state index in [9.17, 15) is 9.00 Å². The molecule has 0 bridgehead atoms. The molecule has 2 rings (SSSR count). The molecule has 2 amide bonds. The molecule has 2 unspecified atom stereocenters. The molecule has 2 atom stereocenters. The number of rotatable bonds is 6. The molecule has 2 N–H and O–H groups in total. The van der Waals surface area contributed by atoms with E-state index in [-0.39, 0.29) is 12.1 Å². The molecule has 0 aromatic heterocycles. The van der Waals surface area contributed by atoms with E-state index in [1.807, 2.05) is 19.1 Å². The molecule has 22 heavy (non-hydrogen) atoms. The van der Waals surface area contributed by atoms with Gasteiger partial charge in [0.25, 0.3) is 0 Å². The van der Waals surface area contributed by atoms with Gasteiger partial charge in [-0.3, -0.25) is 4.21 Å². The van der Waals surface area contributed by atoms with Gasteiger partial charge >= 0.3 is 6.03 Å². The SMILES string of the molecule is CC(Cc1ccc2ccccc2c1)NC(=O)NCCS(C)=O. The van der Waals surface area contributed by atoms with Crippen molar-refractivity contribution in [1.29, 1.82) is 0 Å². The molecule has 118 valence electrons. The van der Waals surface area contributed by atoms with E-state index < -0.39 is 10.8 Å². The highest BCUT2D eigenvalue weighted by atomic mass is 32.2. The first kappa shape index (κ1) is 16.5. The van der Waals surface area contributed by atoms with Crippen LogP contribution in [0.2, 0.25) is 0 Å². The van der Waals surface area contributed by atoms with Crippen molar-refractivity contribution in [3.63, 3.8) is 0 Å². The summed E-state index contributed by atoms with van der Waals surface area (Å²) in [5.74, 6) is 0.479. The van der Waals surface area contributed by atoms with Gasteiger partial charge in [-0.05, 0) is 29.7 Å². The molecular weight excluding hydrogens is 296 g/mol. The van der Waals surface area contributed by atoms with Crippen LogP contribution in [0.1, 0.15) is 12.5 Å². The molecule has 0 aliphatic carbocycles. The predicted molar refractivity (Wildman–Crippen MR) is 92.6 cm³/mol. The van der Waals surface area contributed by atoms with E-state index in [2.05, 4.69) is 41.0 Å². The normalized spacial score (nSPS) is 13.5. The van der Waals surface area contributed by atoms with E-state index in [4.69, 9.17) is 0 Å². The van der Waals surface area contributed by atoms with Crippen molar-refractivity contribution in [3.8, 4) is 0 Å². The quantitative estimate of drug-likeness (QED) is 0.859. The maximum atomic E-state index is 11.7. The van der Waals surface area contributed by atoms with Gasteiger partial charge in [0.1, 0.15) is 0 Å². The van der Waals surface area contributed by atoms with Crippen LogP contribution in [0.5, 0.6) is 0 Å². The van der Waals surface area contributed by atoms with Gasteiger partial charge in [0.05, 0.1) is 0 Å². The van der Waals surface area contributed by atoms with Crippen molar-refractivity contribution in [2.45, 2.75) is 19.4 Å². The van der Waals surface area contributed by atoms with Gasteiger partial charge in [-0.2, -0.15) is 0 Å². The average molecular weight is 318 g/mol. The number of benzene rings is 2. The van der Waals surface area contributed by atoms with E-state index >= 15 is 0 Å². The van der Waals surface area contributed by atoms with Crippen molar-refractivity contribution < 1.29 is 9.00 Å². The van der Waals surface area contributed by atoms with Gasteiger partial charge in [-0.25, -0.2) is 4.79 Å². The van der Waals surface area contributed by atoms with E-state index in [1.165, 1.54) is 16.3 Å². The van der Waals surface area contributed by atoms with Crippen LogP contribution in [-0.4, -0.2) is 34.8 Å². The fraction of sp³-hybridized carbons (Fsp3) is 0.353. The summed E-state index contributed by atoms with van der Waals surface area (Å²) < 4.78 is 10.9. The molecule has 0 heterocycles. The molecule has 0 saturated heterocycles. The zero-order valence-corrected chi connectivity index (χ0v) is 13.8. The van der Waals surface area contributed by atoms with Gasteiger partial charge in [-0.1, -0.05) is 42.5 Å². The number of hydrogen-bond donors (Lipinski definition) is 2. The zero-order valence-electron chi connectivity index (χ0n) is 13.0. The first-order valence-corrected chi connectivity index (χ1v) is 9.09. The molecular formula is C17H22N2O2S. The van der Waals surface area contributed by atoms with Crippen LogP contribution in [-0.2, 0) is 17.2 Å². The van der Waals surface area contributed by atoms with Gasteiger partial charge in [0.2, 0.25) is 0 Å². The van der Waals surface area contributed by atoms with Crippen LogP contribution in [0.3, 0.4) is 0 Å². The minimum Gasteiger partial charge on any atom is -0.337 e. The van der Waals surface area contributed by atoms with Gasteiger partial charge in [0.15, 0.2) is 0 Å². The van der Waals surface area contributed by atoms with Crippen LogP contribution in [0.15, 0.2) is 42.5 Å². The molecule has 0 spiro atoms. The summed E-state index contributed by atoms with van der Waals surface area (Å²) in [5.41, 5.74) is 1.20. The fourth-order valence-electron chi connectivity index (χ4n) is 2.35. The average Bonchev–Trinajstić information content (AvgIpc) is 2.46. The molecule has 4 nitrogen and oxygen atoms in total. The second-order valence-electron chi connectivity index (χ2n) is 5.46. The Morgan fingerprint density at radius 2 is 1.91 bits per heavy atom. The largest absolute Gasteiger partial charge is 0.337 e. The highest BCUT2D eigenvalue weighted by Crippen LogP contribution is 2.16. The third-order valence-electron chi connectivity index (χ3n) is 3.41. The van der Waals surface area contributed by atoms with Crippen LogP contribution in [0.25, 0.3) is 10.8 Å². The van der Waals surface area contributed by atoms with Crippen LogP contribution >= 0.6 is 0 Å². The Morgan fingerprint density at radius 1 is 1.18 bits per heavy atom. The van der Waals surface area contributed by atoms with Crippen LogP contribution in [0.4, 0.5) is 4.79 Å². The molecule has 5 heteroatoms. The lowest BCUT2D eigenvalue weighted by Crippen LogP contribution is -2.42. The summed E-state index contributed by atoms with van der Waals surface area (Å²) in [6.45, 7) is 2.41. The Kier molecular flexibility index (Phi) is 5.95. The fourth-order valence-corrected chi connectivity index (χ4v) is 2.74. The molecule has 0 aliphatic heterocycles. The summed E-state index contributed by atoms with van der Waals surface area (Å²) in [5, 5.41) is 8.05. The number of nitrogens with one attached hydrogen (secondary N) is 2. The lowest BCUT2D eigenvalue weighted by atomic mass is 10.0. The van der Waals surface area contributed by atoms with Crippen molar-refractivity contribution >= 4 is 27.6 Å². The van der Waals surface area contributed by atoms with E-state index in [0.717, 1.165) is 6.42 Å². The topological polar surface area (TPSA) is 58.2 Å². The Hall–Kier alpha value is -1.88. The first-order chi connectivity index (χ1) is 10.5. The zero-order chi connectivity index (χ0) is 15.9. The van der Waals surface area contributed by atoms with E-state index in [1.54, 1.807) is 6.26 Å². The summed E-state index contributed by atoms with van der Waals surface area (Å²) in [7, 11) is -0.882. The number of carbonyl (C=O) groups is 1. The number of carbonyl (C=O) groups excluding carboxylic acids is 1. The summed E-state index contributed by atoms with van der Waals surface area (Å²) in [6.07, 6.45) is 2.40. The van der Waals surface area contributed by atoms with Gasteiger partial charge in [0, 0.05) is 35.4 Å². The maximum Gasteiger partial charge on any atom is 0.315 e. The Morgan fingerprint density at radius 3 is 2.64 bits per heavy atom. The van der Waals surface area contributed by atoms with Crippen molar-refractivity contribution in [1.82, 2.24) is 10.6 Å². The lowest BCUT2D eigenvalue weighted by molar-refractivity contribution is 0.238. The first-order valence-electron chi connectivity index (χ1n) is 7.36. The number of urea groups is 1. The smallest absolute Gasteiger partial charge is 0.315 e. The highest BCUT2D eigenvalue weighted by Gasteiger charge is 2.08. The summed E-state index contributed by atoms with van der Waals surface area (Å²) in [4.78, 5) is 11.7. The monoisotopic (exact) mass is 318 g/mol. The van der Waals surface area contributed by atoms with Crippen molar-refractivity contribution in [2.75, 3.05) is 18.6 Å². The molecule has 2 aromatic carbocycles. The third-order valence-corrected chi connectivity index (χ3v) is 4.19. The number of fused-ring (bicyclic) bond motifs is 1. The minimum atomic E-state index is -0.882. The lowest BCUT2D eigenvalue weighted by Gasteiger charge is -2.15. The van der Waals surface area contributed by atoms with Crippen molar-refractivity contribution in [2.24, 2.45) is 0 Å². The number of amides is 2. The Bertz CT molecular complexity index is 673. The number of hydrogen-bond acceptors (Lipinski definition) is 2. The maximum absolute atomic E-state index is 11.7. The minimum absolute atomic E-state index is 0.0355. The molecule has 0 saturated carbocycles. The Labute approximate surface area is 133 Å².